The van der Waals surface area contributed by atoms with E-state index < -0.39 is 0 Å². The van der Waals surface area contributed by atoms with Gasteiger partial charge in [0.15, 0.2) is 5.58 Å². The molecule has 0 unspecified atom stereocenters. The van der Waals surface area contributed by atoms with Gasteiger partial charge in [0.2, 0.25) is 0 Å². The minimum atomic E-state index is 0.225. The van der Waals surface area contributed by atoms with Crippen LogP contribution in [0, 0.1) is 0 Å². The smallest absolute Gasteiger partial charge is 0.295 e. The van der Waals surface area contributed by atoms with Gasteiger partial charge in [0, 0.05) is 25.2 Å². The van der Waals surface area contributed by atoms with Gasteiger partial charge >= 0.3 is 0 Å². The van der Waals surface area contributed by atoms with Crippen LogP contribution < -0.4 is 5.32 Å². The number of fused-ring (bicyclic) bond motifs is 1. The second-order valence-corrected chi connectivity index (χ2v) is 6.72. The first-order valence-electron chi connectivity index (χ1n) is 8.78. The molecule has 2 aliphatic rings. The molecular formula is C18H25N3O2. The molecule has 5 heteroatoms. The third-order valence-electron chi connectivity index (χ3n) is 5.33. The number of nitrogens with zero attached hydrogens (tertiary/aromatic N) is 2. The van der Waals surface area contributed by atoms with Crippen molar-refractivity contribution in [2.75, 3.05) is 38.2 Å². The molecule has 1 saturated carbocycles. The van der Waals surface area contributed by atoms with Gasteiger partial charge in [0.1, 0.15) is 5.52 Å². The van der Waals surface area contributed by atoms with E-state index in [4.69, 9.17) is 9.15 Å². The van der Waals surface area contributed by atoms with E-state index in [9.17, 15) is 0 Å². The zero-order valence-corrected chi connectivity index (χ0v) is 13.6. The molecular weight excluding hydrogens is 290 g/mol. The molecule has 1 saturated heterocycles. The molecule has 0 bridgehead atoms. The Bertz CT molecular complexity index is 610. The van der Waals surface area contributed by atoms with Gasteiger partial charge in [-0.25, -0.2) is 0 Å². The summed E-state index contributed by atoms with van der Waals surface area (Å²) in [6.45, 7) is 4.68. The summed E-state index contributed by atoms with van der Waals surface area (Å²) in [5.41, 5.74) is 1.99. The van der Waals surface area contributed by atoms with Crippen molar-refractivity contribution in [2.45, 2.75) is 37.6 Å². The Morgan fingerprint density at radius 3 is 2.65 bits per heavy atom. The normalized spacial score (nSPS) is 22.3. The van der Waals surface area contributed by atoms with Crippen LogP contribution in [-0.4, -0.2) is 48.3 Å². The molecule has 0 radical (unpaired) electrons. The topological polar surface area (TPSA) is 50.5 Å². The van der Waals surface area contributed by atoms with Crippen LogP contribution in [0.1, 0.15) is 32.1 Å². The highest BCUT2D eigenvalue weighted by Gasteiger charge is 2.38. The summed E-state index contributed by atoms with van der Waals surface area (Å²) in [4.78, 5) is 7.18. The van der Waals surface area contributed by atoms with E-state index >= 15 is 0 Å². The van der Waals surface area contributed by atoms with Gasteiger partial charge in [-0.1, -0.05) is 31.4 Å². The van der Waals surface area contributed by atoms with E-state index in [1.165, 1.54) is 32.1 Å². The molecule has 124 valence electrons. The Morgan fingerprint density at radius 2 is 1.87 bits per heavy atom. The van der Waals surface area contributed by atoms with Crippen LogP contribution in [0.2, 0.25) is 0 Å². The van der Waals surface area contributed by atoms with Crippen LogP contribution in [0.15, 0.2) is 28.7 Å². The van der Waals surface area contributed by atoms with Crippen LogP contribution in [-0.2, 0) is 4.74 Å². The molecule has 5 nitrogen and oxygen atoms in total. The Kier molecular flexibility index (Phi) is 4.23. The van der Waals surface area contributed by atoms with Crippen LogP contribution in [0.5, 0.6) is 0 Å². The van der Waals surface area contributed by atoms with E-state index in [-0.39, 0.29) is 5.54 Å². The molecule has 2 fully saturated rings. The molecule has 2 heterocycles. The van der Waals surface area contributed by atoms with E-state index in [0.29, 0.717) is 6.01 Å². The van der Waals surface area contributed by atoms with E-state index in [1.54, 1.807) is 0 Å². The van der Waals surface area contributed by atoms with Crippen molar-refractivity contribution in [1.82, 2.24) is 9.88 Å². The lowest BCUT2D eigenvalue weighted by molar-refractivity contribution is -0.0320. The maximum Gasteiger partial charge on any atom is 0.295 e. The number of hydrogen-bond acceptors (Lipinski definition) is 5. The largest absolute Gasteiger partial charge is 0.424 e. The van der Waals surface area contributed by atoms with Crippen LogP contribution in [0.25, 0.3) is 11.1 Å². The number of nitrogens with one attached hydrogen (secondary N) is 1. The van der Waals surface area contributed by atoms with Crippen molar-refractivity contribution < 1.29 is 9.15 Å². The number of oxazole rings is 1. The van der Waals surface area contributed by atoms with Crippen molar-refractivity contribution in [3.8, 4) is 0 Å². The number of morpholine rings is 1. The number of hydrogen-bond donors (Lipinski definition) is 1. The summed E-state index contributed by atoms with van der Waals surface area (Å²) in [6.07, 6.45) is 6.48. The summed E-state index contributed by atoms with van der Waals surface area (Å²) >= 11 is 0. The molecule has 1 aliphatic heterocycles. The molecule has 1 aliphatic carbocycles. The third-order valence-corrected chi connectivity index (χ3v) is 5.33. The highest BCUT2D eigenvalue weighted by molar-refractivity contribution is 5.74. The zero-order chi connectivity index (χ0) is 15.5. The number of aromatic nitrogens is 1. The van der Waals surface area contributed by atoms with E-state index in [0.717, 1.165) is 43.9 Å². The Morgan fingerprint density at radius 1 is 1.09 bits per heavy atom. The lowest BCUT2D eigenvalue weighted by atomic mass is 9.80. The van der Waals surface area contributed by atoms with Crippen LogP contribution >= 0.6 is 0 Å². The first-order valence-corrected chi connectivity index (χ1v) is 8.78. The van der Waals surface area contributed by atoms with Crippen LogP contribution in [0.3, 0.4) is 0 Å². The predicted octanol–water partition coefficient (Wildman–Crippen LogP) is 3.27. The SMILES string of the molecule is c1ccc2oc(NCC3(N4CCOCC4)CCCCC3)nc2c1. The maximum atomic E-state index is 5.83. The highest BCUT2D eigenvalue weighted by Crippen LogP contribution is 2.34. The van der Waals surface area contributed by atoms with Crippen molar-refractivity contribution in [3.05, 3.63) is 24.3 Å². The van der Waals surface area contributed by atoms with E-state index in [2.05, 4.69) is 15.2 Å². The molecule has 0 amide bonds. The number of anilines is 1. The molecule has 2 aromatic rings. The van der Waals surface area contributed by atoms with Crippen molar-refractivity contribution >= 4 is 17.1 Å². The standard InChI is InChI=1S/C18H25N3O2/c1-4-8-18(9-5-1,21-10-12-22-13-11-21)14-19-17-20-15-6-2-3-7-16(15)23-17/h2-3,6-7H,1,4-5,8-14H2,(H,19,20). The van der Waals surface area contributed by atoms with Crippen molar-refractivity contribution in [2.24, 2.45) is 0 Å². The molecule has 0 spiro atoms. The Hall–Kier alpha value is -1.59. The quantitative estimate of drug-likeness (QED) is 0.938. The third kappa shape index (κ3) is 3.08. The molecule has 4 rings (SSSR count). The second kappa shape index (κ2) is 6.49. The molecule has 23 heavy (non-hydrogen) atoms. The number of ether oxygens (including phenoxy) is 1. The Labute approximate surface area is 137 Å². The molecule has 1 N–H and O–H groups in total. The van der Waals surface area contributed by atoms with Gasteiger partial charge < -0.3 is 14.5 Å². The minimum Gasteiger partial charge on any atom is -0.424 e. The van der Waals surface area contributed by atoms with Crippen molar-refractivity contribution in [3.63, 3.8) is 0 Å². The highest BCUT2D eigenvalue weighted by atomic mass is 16.5. The van der Waals surface area contributed by atoms with Gasteiger partial charge in [-0.2, -0.15) is 4.98 Å². The van der Waals surface area contributed by atoms with Crippen LogP contribution in [0.4, 0.5) is 6.01 Å². The monoisotopic (exact) mass is 315 g/mol. The lowest BCUT2D eigenvalue weighted by Crippen LogP contribution is -2.58. The first kappa shape index (κ1) is 15.0. The zero-order valence-electron chi connectivity index (χ0n) is 13.6. The fourth-order valence-corrected chi connectivity index (χ4v) is 4.04. The average Bonchev–Trinajstić information content (AvgIpc) is 3.05. The number of benzene rings is 1. The van der Waals surface area contributed by atoms with Gasteiger partial charge in [0.25, 0.3) is 6.01 Å². The summed E-state index contributed by atoms with van der Waals surface area (Å²) in [5.74, 6) is 0. The summed E-state index contributed by atoms with van der Waals surface area (Å²) in [5, 5.41) is 3.48. The minimum absolute atomic E-state index is 0.225. The van der Waals surface area contributed by atoms with Gasteiger partial charge in [0.05, 0.1) is 13.2 Å². The number of rotatable bonds is 4. The maximum absolute atomic E-state index is 5.83. The average molecular weight is 315 g/mol. The lowest BCUT2D eigenvalue weighted by Gasteiger charge is -2.48. The molecule has 1 aromatic carbocycles. The number of para-hydroxylation sites is 2. The summed E-state index contributed by atoms with van der Waals surface area (Å²) in [7, 11) is 0. The summed E-state index contributed by atoms with van der Waals surface area (Å²) < 4.78 is 11.4. The van der Waals surface area contributed by atoms with E-state index in [1.807, 2.05) is 24.3 Å². The first-order chi connectivity index (χ1) is 11.4. The Balaban J connectivity index is 1.50. The second-order valence-electron chi connectivity index (χ2n) is 6.72. The van der Waals surface area contributed by atoms with Gasteiger partial charge in [-0.05, 0) is 25.0 Å². The fourth-order valence-electron chi connectivity index (χ4n) is 4.04. The fraction of sp³-hybridized carbons (Fsp3) is 0.611. The van der Waals surface area contributed by atoms with Crippen molar-refractivity contribution in [1.29, 1.82) is 0 Å². The molecule has 1 aromatic heterocycles. The van der Waals surface area contributed by atoms with Gasteiger partial charge in [-0.3, -0.25) is 4.90 Å². The molecule has 0 atom stereocenters. The predicted molar refractivity (Wildman–Crippen MR) is 90.7 cm³/mol. The van der Waals surface area contributed by atoms with Gasteiger partial charge in [-0.15, -0.1) is 0 Å². The summed E-state index contributed by atoms with van der Waals surface area (Å²) in [6, 6.07) is 8.57.